The lowest BCUT2D eigenvalue weighted by Crippen LogP contribution is -2.50. The van der Waals surface area contributed by atoms with Gasteiger partial charge in [0.05, 0.1) is 13.2 Å². The molecule has 0 aliphatic carbocycles. The summed E-state index contributed by atoms with van der Waals surface area (Å²) in [5, 5.41) is 3.61. The van der Waals surface area contributed by atoms with Crippen molar-refractivity contribution in [1.29, 1.82) is 0 Å². The highest BCUT2D eigenvalue weighted by molar-refractivity contribution is 6.31. The lowest BCUT2D eigenvalue weighted by molar-refractivity contribution is -0.141. The fraction of sp³-hybridized carbons (Fsp3) is 0.500. The van der Waals surface area contributed by atoms with Crippen LogP contribution in [0, 0.1) is 0 Å². The molecule has 0 aliphatic heterocycles. The van der Waals surface area contributed by atoms with E-state index in [0.29, 0.717) is 42.6 Å². The Kier molecular flexibility index (Phi) is 11.9. The SMILES string of the molecule is CCOc1ccc(CCC(=O)N(Cc2ccccc2Cl)[C@H](CC)C(=O)N[C@H](C)CC)cc1OCC. The summed E-state index contributed by atoms with van der Waals surface area (Å²) in [7, 11) is 0. The van der Waals surface area contributed by atoms with Gasteiger partial charge in [-0.1, -0.05) is 49.7 Å². The predicted molar refractivity (Wildman–Crippen MR) is 141 cm³/mol. The number of nitrogens with one attached hydrogen (secondary N) is 1. The molecule has 0 aromatic heterocycles. The zero-order valence-corrected chi connectivity index (χ0v) is 22.4. The van der Waals surface area contributed by atoms with Gasteiger partial charge in [-0.15, -0.1) is 0 Å². The van der Waals surface area contributed by atoms with Crippen LogP contribution in [-0.4, -0.2) is 42.0 Å². The number of nitrogens with zero attached hydrogens (tertiary/aromatic N) is 1. The van der Waals surface area contributed by atoms with Gasteiger partial charge < -0.3 is 19.7 Å². The third-order valence-corrected chi connectivity index (χ3v) is 6.29. The van der Waals surface area contributed by atoms with Gasteiger partial charge in [0.1, 0.15) is 6.04 Å². The molecule has 2 atom stereocenters. The number of carbonyl (C=O) groups excluding carboxylic acids is 2. The van der Waals surface area contributed by atoms with Crippen LogP contribution in [0.1, 0.15) is 65.0 Å². The maximum atomic E-state index is 13.5. The largest absolute Gasteiger partial charge is 0.490 e. The first-order valence-electron chi connectivity index (χ1n) is 12.6. The van der Waals surface area contributed by atoms with Gasteiger partial charge in [0.2, 0.25) is 11.8 Å². The third-order valence-electron chi connectivity index (χ3n) is 5.92. The second-order valence-electron chi connectivity index (χ2n) is 8.50. The molecule has 0 heterocycles. The molecule has 0 spiro atoms. The molecule has 0 saturated carbocycles. The second kappa shape index (κ2) is 14.6. The minimum atomic E-state index is -0.577. The van der Waals surface area contributed by atoms with E-state index in [4.69, 9.17) is 21.1 Å². The van der Waals surface area contributed by atoms with Crippen molar-refractivity contribution in [2.24, 2.45) is 0 Å². The van der Waals surface area contributed by atoms with Crippen molar-refractivity contribution in [3.8, 4) is 11.5 Å². The molecule has 0 saturated heterocycles. The highest BCUT2D eigenvalue weighted by Gasteiger charge is 2.29. The fourth-order valence-corrected chi connectivity index (χ4v) is 4.01. The normalized spacial score (nSPS) is 12.5. The van der Waals surface area contributed by atoms with Crippen molar-refractivity contribution in [2.75, 3.05) is 13.2 Å². The zero-order chi connectivity index (χ0) is 25.8. The molecule has 7 heteroatoms. The van der Waals surface area contributed by atoms with Gasteiger partial charge in [-0.25, -0.2) is 0 Å². The highest BCUT2D eigenvalue weighted by Crippen LogP contribution is 2.29. The van der Waals surface area contributed by atoms with E-state index in [2.05, 4.69) is 5.32 Å². The monoisotopic (exact) mass is 502 g/mol. The summed E-state index contributed by atoms with van der Waals surface area (Å²) < 4.78 is 11.4. The molecule has 0 bridgehead atoms. The first-order valence-corrected chi connectivity index (χ1v) is 12.9. The maximum Gasteiger partial charge on any atom is 0.243 e. The van der Waals surface area contributed by atoms with Gasteiger partial charge in [-0.2, -0.15) is 0 Å². The van der Waals surface area contributed by atoms with Gasteiger partial charge >= 0.3 is 0 Å². The number of halogens is 1. The molecule has 0 unspecified atom stereocenters. The van der Waals surface area contributed by atoms with Gasteiger partial charge in [-0.05, 0) is 69.4 Å². The lowest BCUT2D eigenvalue weighted by Gasteiger charge is -2.32. The third kappa shape index (κ3) is 8.46. The molecule has 6 nitrogen and oxygen atoms in total. The predicted octanol–water partition coefficient (Wildman–Crippen LogP) is 5.79. The first kappa shape index (κ1) is 28.5. The number of aryl methyl sites for hydroxylation is 1. The Morgan fingerprint density at radius 3 is 2.29 bits per heavy atom. The molecule has 0 fully saturated rings. The molecular formula is C28H39ClN2O4. The Morgan fingerprint density at radius 2 is 1.66 bits per heavy atom. The number of rotatable bonds is 14. The first-order chi connectivity index (χ1) is 16.8. The summed E-state index contributed by atoms with van der Waals surface area (Å²) in [4.78, 5) is 28.3. The van der Waals surface area contributed by atoms with Gasteiger partial charge in [0.25, 0.3) is 0 Å². The maximum absolute atomic E-state index is 13.5. The van der Waals surface area contributed by atoms with E-state index >= 15 is 0 Å². The van der Waals surface area contributed by atoms with E-state index in [9.17, 15) is 9.59 Å². The van der Waals surface area contributed by atoms with Crippen LogP contribution in [0.3, 0.4) is 0 Å². The minimum Gasteiger partial charge on any atom is -0.490 e. The van der Waals surface area contributed by atoms with E-state index < -0.39 is 6.04 Å². The Morgan fingerprint density at radius 1 is 0.971 bits per heavy atom. The topological polar surface area (TPSA) is 67.9 Å². The van der Waals surface area contributed by atoms with Crippen LogP contribution in [0.2, 0.25) is 5.02 Å². The van der Waals surface area contributed by atoms with E-state index in [1.54, 1.807) is 11.0 Å². The molecule has 2 rings (SSSR count). The Bertz CT molecular complexity index is 966. The summed E-state index contributed by atoms with van der Waals surface area (Å²) in [6, 6.07) is 12.6. The molecular weight excluding hydrogens is 464 g/mol. The molecule has 0 aliphatic rings. The quantitative estimate of drug-likeness (QED) is 0.355. The summed E-state index contributed by atoms with van der Waals surface area (Å²) in [6.45, 7) is 11.1. The van der Waals surface area contributed by atoms with Crippen LogP contribution < -0.4 is 14.8 Å². The van der Waals surface area contributed by atoms with Crippen LogP contribution in [0.25, 0.3) is 0 Å². The Labute approximate surface area is 214 Å². The van der Waals surface area contributed by atoms with Crippen molar-refractivity contribution < 1.29 is 19.1 Å². The summed E-state index contributed by atoms with van der Waals surface area (Å²) in [5.41, 5.74) is 1.79. The lowest BCUT2D eigenvalue weighted by atomic mass is 10.1. The van der Waals surface area contributed by atoms with Crippen molar-refractivity contribution >= 4 is 23.4 Å². The van der Waals surface area contributed by atoms with Crippen LogP contribution in [-0.2, 0) is 22.6 Å². The smallest absolute Gasteiger partial charge is 0.243 e. The molecule has 1 N–H and O–H groups in total. The van der Waals surface area contributed by atoms with Gasteiger partial charge in [-0.3, -0.25) is 9.59 Å². The van der Waals surface area contributed by atoms with Crippen molar-refractivity contribution in [1.82, 2.24) is 10.2 Å². The van der Waals surface area contributed by atoms with Crippen molar-refractivity contribution in [2.45, 2.75) is 78.9 Å². The standard InChI is InChI=1S/C28H39ClN2O4/c1-6-20(5)30-28(33)24(7-2)31(19-22-12-10-11-13-23(22)29)27(32)17-15-21-14-16-25(34-8-3)26(18-21)35-9-4/h10-14,16,18,20,24H,6-9,15,17,19H2,1-5H3,(H,30,33)/t20-,24-/m1/s1. The fourth-order valence-electron chi connectivity index (χ4n) is 3.82. The molecule has 192 valence electrons. The molecule has 2 aromatic carbocycles. The number of carbonyl (C=O) groups is 2. The van der Waals surface area contributed by atoms with Gasteiger partial charge in [0, 0.05) is 24.0 Å². The average Bonchev–Trinajstić information content (AvgIpc) is 2.85. The summed E-state index contributed by atoms with van der Waals surface area (Å²) in [6.07, 6.45) is 2.11. The van der Waals surface area contributed by atoms with Crippen molar-refractivity contribution in [3.05, 3.63) is 58.6 Å². The molecule has 0 radical (unpaired) electrons. The summed E-state index contributed by atoms with van der Waals surface area (Å²) >= 11 is 6.40. The van der Waals surface area contributed by atoms with Crippen LogP contribution >= 0.6 is 11.6 Å². The average molecular weight is 503 g/mol. The molecule has 2 aromatic rings. The number of amides is 2. The van der Waals surface area contributed by atoms with E-state index in [1.807, 2.05) is 71.0 Å². The van der Waals surface area contributed by atoms with E-state index in [0.717, 1.165) is 17.5 Å². The van der Waals surface area contributed by atoms with Gasteiger partial charge in [0.15, 0.2) is 11.5 Å². The number of benzene rings is 2. The minimum absolute atomic E-state index is 0.0367. The number of hydrogen-bond acceptors (Lipinski definition) is 4. The van der Waals surface area contributed by atoms with Crippen LogP contribution in [0.15, 0.2) is 42.5 Å². The zero-order valence-electron chi connectivity index (χ0n) is 21.6. The van der Waals surface area contributed by atoms with E-state index in [-0.39, 0.29) is 30.8 Å². The Balaban J connectivity index is 2.25. The molecule has 2 amide bonds. The Hall–Kier alpha value is -2.73. The number of hydrogen-bond donors (Lipinski definition) is 1. The second-order valence-corrected chi connectivity index (χ2v) is 8.91. The van der Waals surface area contributed by atoms with Crippen molar-refractivity contribution in [3.63, 3.8) is 0 Å². The highest BCUT2D eigenvalue weighted by atomic mass is 35.5. The van der Waals surface area contributed by atoms with Crippen LogP contribution in [0.4, 0.5) is 0 Å². The van der Waals surface area contributed by atoms with E-state index in [1.165, 1.54) is 0 Å². The summed E-state index contributed by atoms with van der Waals surface area (Å²) in [5.74, 6) is 1.13. The van der Waals surface area contributed by atoms with Crippen LogP contribution in [0.5, 0.6) is 11.5 Å². The number of ether oxygens (including phenoxy) is 2. The molecule has 35 heavy (non-hydrogen) atoms.